The minimum Gasteiger partial charge on any atom is -0.444 e. The zero-order valence-corrected chi connectivity index (χ0v) is 14.1. The number of nitrogens with one attached hydrogen (secondary N) is 1. The van der Waals surface area contributed by atoms with Gasteiger partial charge in [-0.15, -0.1) is 0 Å². The first-order chi connectivity index (χ1) is 9.65. The maximum atomic E-state index is 11.7. The van der Waals surface area contributed by atoms with Crippen LogP contribution in [0, 0.1) is 5.41 Å². The minimum absolute atomic E-state index is 0.0939. The van der Waals surface area contributed by atoms with E-state index in [4.69, 9.17) is 4.74 Å². The second-order valence-electron chi connectivity index (χ2n) is 7.12. The summed E-state index contributed by atoms with van der Waals surface area (Å²) < 4.78 is 5.28. The summed E-state index contributed by atoms with van der Waals surface area (Å²) >= 11 is 0. The van der Waals surface area contributed by atoms with Gasteiger partial charge in [0.15, 0.2) is 0 Å². The van der Waals surface area contributed by atoms with E-state index in [1.165, 1.54) is 5.57 Å². The van der Waals surface area contributed by atoms with Crippen LogP contribution in [0.4, 0.5) is 4.79 Å². The van der Waals surface area contributed by atoms with Gasteiger partial charge in [0, 0.05) is 6.54 Å². The van der Waals surface area contributed by atoms with E-state index in [1.54, 1.807) is 0 Å². The Balaban J connectivity index is 2.51. The average Bonchev–Trinajstić information content (AvgIpc) is 2.36. The van der Waals surface area contributed by atoms with Gasteiger partial charge in [0.2, 0.25) is 0 Å². The number of rotatable bonds is 4. The molecule has 0 aliphatic heterocycles. The third-order valence-corrected chi connectivity index (χ3v) is 3.68. The number of ether oxygens (including phenoxy) is 1. The molecule has 1 rings (SSSR count). The lowest BCUT2D eigenvalue weighted by Crippen LogP contribution is -2.39. The van der Waals surface area contributed by atoms with E-state index < -0.39 is 5.60 Å². The van der Waals surface area contributed by atoms with E-state index in [1.807, 2.05) is 39.8 Å². The van der Waals surface area contributed by atoms with Crippen molar-refractivity contribution in [2.24, 2.45) is 5.41 Å². The van der Waals surface area contributed by atoms with Gasteiger partial charge in [-0.3, -0.25) is 0 Å². The highest BCUT2D eigenvalue weighted by Crippen LogP contribution is 2.36. The summed E-state index contributed by atoms with van der Waals surface area (Å²) in [4.78, 5) is 11.7. The number of allylic oxidation sites excluding steroid dienone is 5. The van der Waals surface area contributed by atoms with Crippen molar-refractivity contribution in [1.29, 1.82) is 0 Å². The fraction of sp³-hybridized carbons (Fsp3) is 0.611. The molecule has 3 heteroatoms. The first-order valence-corrected chi connectivity index (χ1v) is 7.63. The lowest BCUT2D eigenvalue weighted by molar-refractivity contribution is 0.0500. The molecule has 1 aliphatic carbocycles. The van der Waals surface area contributed by atoms with Gasteiger partial charge in [0.05, 0.1) is 0 Å². The number of hydrogen-bond acceptors (Lipinski definition) is 2. The molecule has 3 nitrogen and oxygen atoms in total. The van der Waals surface area contributed by atoms with Gasteiger partial charge in [0.1, 0.15) is 5.60 Å². The molecule has 1 aliphatic rings. The van der Waals surface area contributed by atoms with Gasteiger partial charge < -0.3 is 10.1 Å². The van der Waals surface area contributed by atoms with Gasteiger partial charge in [-0.25, -0.2) is 4.79 Å². The molecule has 0 radical (unpaired) electrons. The second kappa shape index (κ2) is 6.97. The van der Waals surface area contributed by atoms with Gasteiger partial charge >= 0.3 is 6.09 Å². The molecule has 0 aromatic rings. The minimum atomic E-state index is -0.450. The molecule has 21 heavy (non-hydrogen) atoms. The van der Waals surface area contributed by atoms with Crippen LogP contribution in [0.25, 0.3) is 0 Å². The predicted molar refractivity (Wildman–Crippen MR) is 88.2 cm³/mol. The molecule has 0 aromatic heterocycles. The molecule has 1 amide bonds. The largest absolute Gasteiger partial charge is 0.444 e. The summed E-state index contributed by atoms with van der Waals surface area (Å²) in [5.41, 5.74) is 2.06. The van der Waals surface area contributed by atoms with Gasteiger partial charge in [-0.1, -0.05) is 31.7 Å². The molecule has 1 atom stereocenters. The number of carbonyl (C=O) groups excluding carboxylic acids is 1. The van der Waals surface area contributed by atoms with Crippen LogP contribution in [0.5, 0.6) is 0 Å². The van der Waals surface area contributed by atoms with E-state index in [2.05, 4.69) is 24.9 Å². The van der Waals surface area contributed by atoms with Crippen molar-refractivity contribution in [3.63, 3.8) is 0 Å². The van der Waals surface area contributed by atoms with Crippen LogP contribution in [0.1, 0.15) is 53.9 Å². The molecule has 118 valence electrons. The molecule has 1 unspecified atom stereocenters. The molecule has 0 bridgehead atoms. The number of alkyl carbamates (subject to hydrolysis) is 1. The Morgan fingerprint density at radius 1 is 1.52 bits per heavy atom. The fourth-order valence-electron chi connectivity index (χ4n) is 2.37. The lowest BCUT2D eigenvalue weighted by Gasteiger charge is -2.33. The van der Waals surface area contributed by atoms with Crippen LogP contribution in [-0.4, -0.2) is 18.2 Å². The zero-order chi connectivity index (χ0) is 16.1. The maximum absolute atomic E-state index is 11.7. The second-order valence-corrected chi connectivity index (χ2v) is 7.12. The number of hydrogen-bond donors (Lipinski definition) is 1. The van der Waals surface area contributed by atoms with Gasteiger partial charge in [-0.05, 0) is 63.5 Å². The van der Waals surface area contributed by atoms with E-state index in [0.29, 0.717) is 6.54 Å². The molecule has 0 saturated carbocycles. The molecular weight excluding hydrogens is 262 g/mol. The Morgan fingerprint density at radius 2 is 2.19 bits per heavy atom. The molecule has 1 N–H and O–H groups in total. The number of amides is 1. The summed E-state index contributed by atoms with van der Waals surface area (Å²) in [6.07, 6.45) is 8.99. The quantitative estimate of drug-likeness (QED) is 0.758. The fourth-order valence-corrected chi connectivity index (χ4v) is 2.37. The molecule has 0 spiro atoms. The molecule has 0 saturated heterocycles. The smallest absolute Gasteiger partial charge is 0.407 e. The van der Waals surface area contributed by atoms with Crippen LogP contribution in [-0.2, 0) is 4.74 Å². The average molecular weight is 291 g/mol. The Bertz CT molecular complexity index is 454. The highest BCUT2D eigenvalue weighted by molar-refractivity contribution is 5.67. The van der Waals surface area contributed by atoms with Crippen molar-refractivity contribution in [2.45, 2.75) is 59.5 Å². The van der Waals surface area contributed by atoms with E-state index in [9.17, 15) is 4.79 Å². The van der Waals surface area contributed by atoms with Crippen LogP contribution in [0.2, 0.25) is 0 Å². The van der Waals surface area contributed by atoms with Crippen LogP contribution in [0.15, 0.2) is 36.0 Å². The van der Waals surface area contributed by atoms with E-state index in [0.717, 1.165) is 24.8 Å². The monoisotopic (exact) mass is 291 g/mol. The topological polar surface area (TPSA) is 38.3 Å². The number of carbonyl (C=O) groups is 1. The highest BCUT2D eigenvalue weighted by Gasteiger charge is 2.28. The summed E-state index contributed by atoms with van der Waals surface area (Å²) in [7, 11) is 0. The Hall–Kier alpha value is -1.51. The van der Waals surface area contributed by atoms with Crippen molar-refractivity contribution in [2.75, 3.05) is 6.54 Å². The van der Waals surface area contributed by atoms with E-state index >= 15 is 0 Å². The van der Waals surface area contributed by atoms with Crippen molar-refractivity contribution in [3.8, 4) is 0 Å². The molecule has 0 fully saturated rings. The SMILES string of the molecule is C=C(/C=C\C)C1=CCC(C)(CNC(=O)OC(C)(C)C)CC1. The standard InChI is InChI=1S/C18H29NO2/c1-7-8-14(2)15-9-11-18(6,12-10-15)13-19-16(20)21-17(3,4)5/h7-9H,2,10-13H2,1,3-6H3,(H,19,20)/b8-7-. The van der Waals surface area contributed by atoms with Crippen molar-refractivity contribution >= 4 is 6.09 Å². The Kier molecular flexibility index (Phi) is 5.82. The predicted octanol–water partition coefficient (Wildman–Crippen LogP) is 4.76. The van der Waals surface area contributed by atoms with Crippen LogP contribution in [0.3, 0.4) is 0 Å². The lowest BCUT2D eigenvalue weighted by atomic mass is 9.75. The van der Waals surface area contributed by atoms with E-state index in [-0.39, 0.29) is 11.5 Å². The summed E-state index contributed by atoms with van der Waals surface area (Å²) in [5, 5.41) is 2.89. The normalized spacial score (nSPS) is 22.8. The van der Waals surface area contributed by atoms with Crippen molar-refractivity contribution < 1.29 is 9.53 Å². The van der Waals surface area contributed by atoms with Gasteiger partial charge in [0.25, 0.3) is 0 Å². The van der Waals surface area contributed by atoms with Gasteiger partial charge in [-0.2, -0.15) is 0 Å². The summed E-state index contributed by atoms with van der Waals surface area (Å²) in [6.45, 7) is 14.5. The molecule has 0 heterocycles. The summed E-state index contributed by atoms with van der Waals surface area (Å²) in [5.74, 6) is 0. The maximum Gasteiger partial charge on any atom is 0.407 e. The Morgan fingerprint density at radius 3 is 2.67 bits per heavy atom. The third kappa shape index (κ3) is 6.19. The summed E-state index contributed by atoms with van der Waals surface area (Å²) in [6, 6.07) is 0. The Labute approximate surface area is 129 Å². The first-order valence-electron chi connectivity index (χ1n) is 7.63. The van der Waals surface area contributed by atoms with Crippen molar-refractivity contribution in [1.82, 2.24) is 5.32 Å². The zero-order valence-electron chi connectivity index (χ0n) is 14.1. The van der Waals surface area contributed by atoms with Crippen LogP contribution < -0.4 is 5.32 Å². The molecular formula is C18H29NO2. The third-order valence-electron chi connectivity index (χ3n) is 3.68. The first kappa shape index (κ1) is 17.5. The molecule has 0 aromatic carbocycles. The van der Waals surface area contributed by atoms with Crippen molar-refractivity contribution in [3.05, 3.63) is 36.0 Å². The van der Waals surface area contributed by atoms with Crippen LogP contribution >= 0.6 is 0 Å². The highest BCUT2D eigenvalue weighted by atomic mass is 16.6.